The van der Waals surface area contributed by atoms with Gasteiger partial charge in [-0.3, -0.25) is 0 Å². The minimum Gasteiger partial charge on any atom is -0.396 e. The summed E-state index contributed by atoms with van der Waals surface area (Å²) in [5.41, 5.74) is 2.07. The second-order valence-electron chi connectivity index (χ2n) is 4.41. The van der Waals surface area contributed by atoms with Crippen molar-refractivity contribution in [2.24, 2.45) is 5.41 Å². The predicted octanol–water partition coefficient (Wildman–Crippen LogP) is 1.66. The van der Waals surface area contributed by atoms with Gasteiger partial charge in [0.1, 0.15) is 0 Å². The molecule has 3 nitrogen and oxygen atoms in total. The molecule has 98 valence electrons. The van der Waals surface area contributed by atoms with E-state index in [4.69, 9.17) is 15.3 Å². The maximum atomic E-state index is 8.66. The van der Waals surface area contributed by atoms with Crippen molar-refractivity contribution in [3.8, 4) is 0 Å². The third-order valence-electron chi connectivity index (χ3n) is 3.18. The average Bonchev–Trinajstić information content (AvgIpc) is 2.37. The van der Waals surface area contributed by atoms with E-state index in [0.717, 1.165) is 0 Å². The Kier molecular flexibility index (Phi) is 7.79. The maximum Gasteiger partial charge on any atom is 0.0531 e. The highest BCUT2D eigenvalue weighted by atomic mass is 16.3. The van der Waals surface area contributed by atoms with Crippen molar-refractivity contribution >= 4 is 0 Å². The van der Waals surface area contributed by atoms with Crippen LogP contribution in [0.3, 0.4) is 0 Å². The molecule has 0 fully saturated rings. The minimum atomic E-state index is -0.667. The van der Waals surface area contributed by atoms with Crippen molar-refractivity contribution in [2.75, 3.05) is 19.8 Å². The Labute approximate surface area is 104 Å². The van der Waals surface area contributed by atoms with Gasteiger partial charge in [-0.2, -0.15) is 0 Å². The first-order valence-corrected chi connectivity index (χ1v) is 5.90. The van der Waals surface area contributed by atoms with Gasteiger partial charge in [0.2, 0.25) is 0 Å². The van der Waals surface area contributed by atoms with E-state index >= 15 is 0 Å². The molecule has 0 bridgehead atoms. The number of hydrogen-bond donors (Lipinski definition) is 3. The van der Waals surface area contributed by atoms with Crippen molar-refractivity contribution in [3.63, 3.8) is 0 Å². The molecule has 0 aliphatic carbocycles. The Bertz CT molecular complexity index is 268. The molecule has 0 saturated heterocycles. The van der Waals surface area contributed by atoms with Crippen LogP contribution in [0.2, 0.25) is 0 Å². The van der Waals surface area contributed by atoms with E-state index in [2.05, 4.69) is 38.1 Å². The molecule has 1 aromatic rings. The van der Waals surface area contributed by atoms with Gasteiger partial charge < -0.3 is 15.3 Å². The number of rotatable bonds is 4. The van der Waals surface area contributed by atoms with Crippen LogP contribution < -0.4 is 0 Å². The standard InChI is InChI=1S/C8H10.C6H14O3/c1-7-5-3-4-6-8(7)2;1-2-6(3-7,4-8)5-9/h3-6H,1-2H3;7-9H,2-5H2,1H3. The lowest BCUT2D eigenvalue weighted by Crippen LogP contribution is -2.32. The number of hydrogen-bond acceptors (Lipinski definition) is 3. The topological polar surface area (TPSA) is 60.7 Å². The third-order valence-corrected chi connectivity index (χ3v) is 3.18. The van der Waals surface area contributed by atoms with Crippen LogP contribution in [-0.2, 0) is 0 Å². The van der Waals surface area contributed by atoms with Crippen molar-refractivity contribution in [1.82, 2.24) is 0 Å². The largest absolute Gasteiger partial charge is 0.396 e. The van der Waals surface area contributed by atoms with Crippen LogP contribution in [0.25, 0.3) is 0 Å². The van der Waals surface area contributed by atoms with Crippen LogP contribution >= 0.6 is 0 Å². The summed E-state index contributed by atoms with van der Waals surface area (Å²) in [7, 11) is 0. The second-order valence-corrected chi connectivity index (χ2v) is 4.41. The lowest BCUT2D eigenvalue weighted by Gasteiger charge is -2.24. The summed E-state index contributed by atoms with van der Waals surface area (Å²) in [6.45, 7) is 5.59. The SMILES string of the molecule is CCC(CO)(CO)CO.Cc1ccccc1C. The molecule has 0 unspecified atom stereocenters. The highest BCUT2D eigenvalue weighted by Gasteiger charge is 2.24. The van der Waals surface area contributed by atoms with E-state index in [1.54, 1.807) is 0 Å². The maximum absolute atomic E-state index is 8.66. The third kappa shape index (κ3) is 5.31. The van der Waals surface area contributed by atoms with Gasteiger partial charge in [-0.15, -0.1) is 0 Å². The summed E-state index contributed by atoms with van der Waals surface area (Å²) in [5.74, 6) is 0. The smallest absolute Gasteiger partial charge is 0.0531 e. The molecule has 0 aliphatic heterocycles. The van der Waals surface area contributed by atoms with Gasteiger partial charge in [0, 0.05) is 5.41 Å². The van der Waals surface area contributed by atoms with E-state index in [1.165, 1.54) is 11.1 Å². The molecule has 0 amide bonds. The monoisotopic (exact) mass is 240 g/mol. The molecule has 0 spiro atoms. The lowest BCUT2D eigenvalue weighted by atomic mass is 9.88. The molecule has 17 heavy (non-hydrogen) atoms. The molecule has 0 radical (unpaired) electrons. The Morgan fingerprint density at radius 1 is 0.882 bits per heavy atom. The zero-order chi connectivity index (χ0) is 13.3. The number of aliphatic hydroxyl groups excluding tert-OH is 3. The average molecular weight is 240 g/mol. The van der Waals surface area contributed by atoms with E-state index in [1.807, 2.05) is 6.92 Å². The Hall–Kier alpha value is -0.900. The number of benzene rings is 1. The van der Waals surface area contributed by atoms with Gasteiger partial charge in [-0.1, -0.05) is 31.2 Å². The van der Waals surface area contributed by atoms with Gasteiger partial charge >= 0.3 is 0 Å². The summed E-state index contributed by atoms with van der Waals surface area (Å²) in [5, 5.41) is 26.0. The first-order chi connectivity index (χ1) is 8.05. The minimum absolute atomic E-state index is 0.156. The highest BCUT2D eigenvalue weighted by Crippen LogP contribution is 2.18. The van der Waals surface area contributed by atoms with E-state index in [-0.39, 0.29) is 19.8 Å². The summed E-state index contributed by atoms with van der Waals surface area (Å²) in [6.07, 6.45) is 0.594. The Morgan fingerprint density at radius 3 is 1.35 bits per heavy atom. The zero-order valence-electron chi connectivity index (χ0n) is 11.0. The second kappa shape index (κ2) is 8.23. The molecule has 1 aromatic carbocycles. The van der Waals surface area contributed by atoms with Crippen molar-refractivity contribution in [2.45, 2.75) is 27.2 Å². The molecule has 0 atom stereocenters. The predicted molar refractivity (Wildman–Crippen MR) is 69.9 cm³/mol. The summed E-state index contributed by atoms with van der Waals surface area (Å²) >= 11 is 0. The van der Waals surface area contributed by atoms with Crippen LogP contribution in [0, 0.1) is 19.3 Å². The molecular weight excluding hydrogens is 216 g/mol. The quantitative estimate of drug-likeness (QED) is 0.750. The molecule has 3 N–H and O–H groups in total. The van der Waals surface area contributed by atoms with Crippen LogP contribution in [0.5, 0.6) is 0 Å². The van der Waals surface area contributed by atoms with Crippen molar-refractivity contribution in [3.05, 3.63) is 35.4 Å². The summed E-state index contributed by atoms with van der Waals surface area (Å²) in [6, 6.07) is 8.36. The fourth-order valence-electron chi connectivity index (χ4n) is 1.15. The van der Waals surface area contributed by atoms with Crippen molar-refractivity contribution < 1.29 is 15.3 Å². The highest BCUT2D eigenvalue weighted by molar-refractivity contribution is 5.23. The molecule has 3 heteroatoms. The van der Waals surface area contributed by atoms with Gasteiger partial charge in [-0.05, 0) is 31.4 Å². The first kappa shape index (κ1) is 16.1. The zero-order valence-corrected chi connectivity index (χ0v) is 11.0. The normalized spacial score (nSPS) is 10.7. The van der Waals surface area contributed by atoms with Crippen LogP contribution in [-0.4, -0.2) is 35.1 Å². The Morgan fingerprint density at radius 2 is 1.24 bits per heavy atom. The van der Waals surface area contributed by atoms with Crippen LogP contribution in [0.1, 0.15) is 24.5 Å². The fourth-order valence-corrected chi connectivity index (χ4v) is 1.15. The molecule has 0 saturated carbocycles. The van der Waals surface area contributed by atoms with Gasteiger partial charge in [-0.25, -0.2) is 0 Å². The molecule has 0 heterocycles. The first-order valence-electron chi connectivity index (χ1n) is 5.90. The van der Waals surface area contributed by atoms with E-state index < -0.39 is 5.41 Å². The molecule has 0 aliphatic rings. The molecule has 1 rings (SSSR count). The van der Waals surface area contributed by atoms with E-state index in [0.29, 0.717) is 6.42 Å². The summed E-state index contributed by atoms with van der Waals surface area (Å²) < 4.78 is 0. The van der Waals surface area contributed by atoms with Crippen LogP contribution in [0.15, 0.2) is 24.3 Å². The van der Waals surface area contributed by atoms with Gasteiger partial charge in [0.15, 0.2) is 0 Å². The molecular formula is C14H24O3. The Balaban J connectivity index is 0.000000302. The lowest BCUT2D eigenvalue weighted by molar-refractivity contribution is 0.00304. The number of aryl methyl sites for hydroxylation is 2. The fraction of sp³-hybridized carbons (Fsp3) is 0.571. The van der Waals surface area contributed by atoms with Gasteiger partial charge in [0.05, 0.1) is 19.8 Å². The number of aliphatic hydroxyl groups is 3. The molecule has 0 aromatic heterocycles. The van der Waals surface area contributed by atoms with Crippen LogP contribution in [0.4, 0.5) is 0 Å². The van der Waals surface area contributed by atoms with Crippen molar-refractivity contribution in [1.29, 1.82) is 0 Å². The summed E-state index contributed by atoms with van der Waals surface area (Å²) in [4.78, 5) is 0. The van der Waals surface area contributed by atoms with E-state index in [9.17, 15) is 0 Å². The van der Waals surface area contributed by atoms with Gasteiger partial charge in [0.25, 0.3) is 0 Å².